The first kappa shape index (κ1) is 15.5. The van der Waals surface area contributed by atoms with Gasteiger partial charge in [0, 0.05) is 11.8 Å². The molecule has 2 rings (SSSR count). The van der Waals surface area contributed by atoms with Crippen LogP contribution in [0.5, 0.6) is 0 Å². The van der Waals surface area contributed by atoms with Gasteiger partial charge >= 0.3 is 0 Å². The Bertz CT molecular complexity index is 566. The molecule has 3 nitrogen and oxygen atoms in total. The molecule has 0 fully saturated rings. The summed E-state index contributed by atoms with van der Waals surface area (Å²) in [4.78, 5) is 4.42. The van der Waals surface area contributed by atoms with Crippen LogP contribution in [0.4, 0.5) is 0 Å². The van der Waals surface area contributed by atoms with Gasteiger partial charge in [0.25, 0.3) is 0 Å². The van der Waals surface area contributed by atoms with E-state index < -0.39 is 0 Å². The topological polar surface area (TPSA) is 37.8 Å². The molecule has 1 atom stereocenters. The van der Waals surface area contributed by atoms with Gasteiger partial charge in [0.2, 0.25) is 0 Å². The maximum absolute atomic E-state index is 4.42. The molecule has 1 aromatic carbocycles. The third-order valence-corrected chi connectivity index (χ3v) is 5.15. The Balaban J connectivity index is 2.09. The normalized spacial score (nSPS) is 12.6. The molecular formula is C15H21N3S2. The fourth-order valence-electron chi connectivity index (χ4n) is 2.21. The maximum Gasteiger partial charge on any atom is 0.170 e. The highest BCUT2D eigenvalue weighted by Crippen LogP contribution is 2.27. The summed E-state index contributed by atoms with van der Waals surface area (Å²) in [5, 5.41) is 3.57. The van der Waals surface area contributed by atoms with Gasteiger partial charge in [0.1, 0.15) is 5.82 Å². The van der Waals surface area contributed by atoms with Crippen LogP contribution >= 0.6 is 23.3 Å². The number of nitrogens with one attached hydrogen (secondary N) is 1. The summed E-state index contributed by atoms with van der Waals surface area (Å²) in [6.07, 6.45) is 0. The molecule has 5 heteroatoms. The van der Waals surface area contributed by atoms with E-state index in [9.17, 15) is 0 Å². The number of aromatic nitrogens is 2. The largest absolute Gasteiger partial charge is 0.309 e. The van der Waals surface area contributed by atoms with Crippen molar-refractivity contribution >= 4 is 23.3 Å². The summed E-state index contributed by atoms with van der Waals surface area (Å²) in [6.45, 7) is 9.38. The van der Waals surface area contributed by atoms with E-state index in [1.807, 2.05) is 6.92 Å². The lowest BCUT2D eigenvalue weighted by atomic mass is 10.0. The van der Waals surface area contributed by atoms with Crippen molar-refractivity contribution in [1.82, 2.24) is 14.7 Å². The third-order valence-electron chi connectivity index (χ3n) is 3.13. The lowest BCUT2D eigenvalue weighted by Crippen LogP contribution is -2.23. The number of aryl methyl sites for hydroxylation is 3. The van der Waals surface area contributed by atoms with Gasteiger partial charge in [-0.3, -0.25) is 0 Å². The molecule has 20 heavy (non-hydrogen) atoms. The highest BCUT2D eigenvalue weighted by atomic mass is 32.2. The minimum absolute atomic E-state index is 0.356. The van der Waals surface area contributed by atoms with Crippen LogP contribution in [0.15, 0.2) is 22.5 Å². The zero-order chi connectivity index (χ0) is 14.5. The van der Waals surface area contributed by atoms with Gasteiger partial charge in [0.05, 0.1) is 0 Å². The van der Waals surface area contributed by atoms with E-state index in [4.69, 9.17) is 0 Å². The molecule has 0 radical (unpaired) electrons. The summed E-state index contributed by atoms with van der Waals surface area (Å²) in [5.41, 5.74) is 4.05. The van der Waals surface area contributed by atoms with E-state index in [2.05, 4.69) is 53.6 Å². The van der Waals surface area contributed by atoms with Crippen molar-refractivity contribution in [2.24, 2.45) is 0 Å². The number of rotatable bonds is 6. The molecule has 0 bridgehead atoms. The summed E-state index contributed by atoms with van der Waals surface area (Å²) in [7, 11) is 0. The van der Waals surface area contributed by atoms with Gasteiger partial charge in [-0.1, -0.05) is 42.4 Å². The van der Waals surface area contributed by atoms with Gasteiger partial charge in [-0.2, -0.15) is 4.37 Å². The number of hydrogen-bond acceptors (Lipinski definition) is 5. The average molecular weight is 307 g/mol. The monoisotopic (exact) mass is 307 g/mol. The first-order chi connectivity index (χ1) is 9.60. The van der Waals surface area contributed by atoms with E-state index in [-0.39, 0.29) is 0 Å². The highest BCUT2D eigenvalue weighted by Gasteiger charge is 2.14. The summed E-state index contributed by atoms with van der Waals surface area (Å²) in [5.74, 6) is 1.84. The SMILES string of the molecule is CCNC(CSc1nc(C)ns1)c1ccc(C)cc1C. The Kier molecular flexibility index (Phi) is 5.57. The molecular weight excluding hydrogens is 286 g/mol. The zero-order valence-electron chi connectivity index (χ0n) is 12.4. The molecule has 1 heterocycles. The Morgan fingerprint density at radius 3 is 2.70 bits per heavy atom. The van der Waals surface area contributed by atoms with Crippen LogP contribution < -0.4 is 5.32 Å². The van der Waals surface area contributed by atoms with Crippen LogP contribution in [0.3, 0.4) is 0 Å². The third kappa shape index (κ3) is 4.04. The number of hydrogen-bond donors (Lipinski definition) is 1. The molecule has 1 unspecified atom stereocenters. The van der Waals surface area contributed by atoms with Crippen LogP contribution in [-0.2, 0) is 0 Å². The molecule has 0 aliphatic heterocycles. The Labute approximate surface area is 129 Å². The molecule has 0 aliphatic rings. The summed E-state index contributed by atoms with van der Waals surface area (Å²) >= 11 is 3.26. The number of thioether (sulfide) groups is 1. The average Bonchev–Trinajstić information content (AvgIpc) is 2.81. The van der Waals surface area contributed by atoms with Crippen LogP contribution in [-0.4, -0.2) is 21.7 Å². The first-order valence-electron chi connectivity index (χ1n) is 6.83. The Morgan fingerprint density at radius 2 is 2.10 bits per heavy atom. The van der Waals surface area contributed by atoms with E-state index in [1.54, 1.807) is 11.8 Å². The van der Waals surface area contributed by atoms with E-state index in [0.717, 1.165) is 22.5 Å². The quantitative estimate of drug-likeness (QED) is 0.821. The van der Waals surface area contributed by atoms with Gasteiger partial charge in [-0.05, 0) is 50.0 Å². The van der Waals surface area contributed by atoms with Gasteiger partial charge < -0.3 is 5.32 Å². The first-order valence-corrected chi connectivity index (χ1v) is 8.59. The smallest absolute Gasteiger partial charge is 0.170 e. The lowest BCUT2D eigenvalue weighted by molar-refractivity contribution is 0.603. The van der Waals surface area contributed by atoms with Crippen molar-refractivity contribution in [1.29, 1.82) is 0 Å². The van der Waals surface area contributed by atoms with Crippen molar-refractivity contribution in [3.8, 4) is 0 Å². The summed E-state index contributed by atoms with van der Waals surface area (Å²) in [6, 6.07) is 7.03. The number of nitrogens with zero attached hydrogens (tertiary/aromatic N) is 2. The fraction of sp³-hybridized carbons (Fsp3) is 0.467. The molecule has 0 amide bonds. The summed E-state index contributed by atoms with van der Waals surface area (Å²) < 4.78 is 5.28. The van der Waals surface area contributed by atoms with E-state index in [0.29, 0.717) is 6.04 Å². The van der Waals surface area contributed by atoms with Crippen molar-refractivity contribution in [2.75, 3.05) is 12.3 Å². The fourth-order valence-corrected chi connectivity index (χ4v) is 3.97. The number of benzene rings is 1. The standard InChI is InChI=1S/C15H21N3S2/c1-5-16-14(9-19-15-17-12(4)18-20-15)13-7-6-10(2)8-11(13)3/h6-8,14,16H,5,9H2,1-4H3. The highest BCUT2D eigenvalue weighted by molar-refractivity contribution is 8.00. The minimum Gasteiger partial charge on any atom is -0.309 e. The molecule has 0 saturated heterocycles. The molecule has 0 saturated carbocycles. The van der Waals surface area contributed by atoms with Crippen LogP contribution in [0.25, 0.3) is 0 Å². The minimum atomic E-state index is 0.356. The molecule has 1 aromatic heterocycles. The van der Waals surface area contributed by atoms with Gasteiger partial charge in [-0.15, -0.1) is 0 Å². The van der Waals surface area contributed by atoms with Crippen molar-refractivity contribution < 1.29 is 0 Å². The van der Waals surface area contributed by atoms with E-state index in [1.165, 1.54) is 28.2 Å². The predicted octanol–water partition coefficient (Wildman–Crippen LogP) is 3.91. The lowest BCUT2D eigenvalue weighted by Gasteiger charge is -2.20. The molecule has 0 spiro atoms. The van der Waals surface area contributed by atoms with Crippen LogP contribution in [0.1, 0.15) is 35.5 Å². The van der Waals surface area contributed by atoms with Crippen molar-refractivity contribution in [2.45, 2.75) is 38.1 Å². The second-order valence-corrected chi connectivity index (χ2v) is 6.91. The van der Waals surface area contributed by atoms with Crippen molar-refractivity contribution in [3.05, 3.63) is 40.7 Å². The van der Waals surface area contributed by atoms with Gasteiger partial charge in [-0.25, -0.2) is 4.98 Å². The molecule has 108 valence electrons. The van der Waals surface area contributed by atoms with Gasteiger partial charge in [0.15, 0.2) is 4.34 Å². The second-order valence-electron chi connectivity index (χ2n) is 4.89. The Hall–Kier alpha value is -0.910. The van der Waals surface area contributed by atoms with Crippen LogP contribution in [0.2, 0.25) is 0 Å². The van der Waals surface area contributed by atoms with E-state index >= 15 is 0 Å². The Morgan fingerprint density at radius 1 is 1.30 bits per heavy atom. The van der Waals surface area contributed by atoms with Crippen LogP contribution in [0, 0.1) is 20.8 Å². The molecule has 1 N–H and O–H groups in total. The molecule has 0 aliphatic carbocycles. The second kappa shape index (κ2) is 7.20. The molecule has 2 aromatic rings. The maximum atomic E-state index is 4.42. The van der Waals surface area contributed by atoms with Crippen molar-refractivity contribution in [3.63, 3.8) is 0 Å². The predicted molar refractivity (Wildman–Crippen MR) is 87.7 cm³/mol. The zero-order valence-corrected chi connectivity index (χ0v) is 14.1.